The van der Waals surface area contributed by atoms with Gasteiger partial charge in [0.25, 0.3) is 0 Å². The van der Waals surface area contributed by atoms with Crippen LogP contribution in [-0.4, -0.2) is 42.2 Å². The molecule has 3 aromatic carbocycles. The van der Waals surface area contributed by atoms with Gasteiger partial charge in [-0.25, -0.2) is 0 Å². The molecule has 3 aromatic rings. The molecule has 2 N–H and O–H groups in total. The second kappa shape index (κ2) is 10.4. The van der Waals surface area contributed by atoms with Crippen molar-refractivity contribution in [2.45, 2.75) is 22.1 Å². The Hall–Kier alpha value is -2.47. The number of piperidine rings is 1. The number of anilines is 1. The highest BCUT2D eigenvalue weighted by Gasteiger charge is 2.51. The first kappa shape index (κ1) is 23.3. The summed E-state index contributed by atoms with van der Waals surface area (Å²) >= 11 is 7.76. The van der Waals surface area contributed by atoms with Crippen LogP contribution >= 0.6 is 23.4 Å². The van der Waals surface area contributed by atoms with E-state index in [-0.39, 0.29) is 17.8 Å². The van der Waals surface area contributed by atoms with Crippen molar-refractivity contribution >= 4 is 35.0 Å². The normalized spacial score (nSPS) is 24.1. The van der Waals surface area contributed by atoms with Crippen LogP contribution in [0.5, 0.6) is 0 Å². The molecule has 1 aliphatic carbocycles. The Morgan fingerprint density at radius 3 is 2.44 bits per heavy atom. The molecule has 6 heteroatoms. The zero-order valence-electron chi connectivity index (χ0n) is 18.9. The Morgan fingerprint density at radius 1 is 0.971 bits per heavy atom. The molecule has 1 saturated carbocycles. The molecule has 1 heterocycles. The molecule has 2 aliphatic rings. The number of hydrogen-bond acceptors (Lipinski definition) is 4. The van der Waals surface area contributed by atoms with E-state index in [0.717, 1.165) is 53.1 Å². The van der Waals surface area contributed by atoms with E-state index in [1.54, 1.807) is 11.8 Å². The van der Waals surface area contributed by atoms with Crippen LogP contribution in [-0.2, 0) is 4.79 Å². The molecule has 5 rings (SSSR count). The fourth-order valence-electron chi connectivity index (χ4n) is 5.76. The first-order chi connectivity index (χ1) is 16.6. The molecule has 2 bridgehead atoms. The van der Waals surface area contributed by atoms with E-state index in [2.05, 4.69) is 34.5 Å². The number of fused-ring (bicyclic) bond motifs is 2. The van der Waals surface area contributed by atoms with Gasteiger partial charge in [-0.1, -0.05) is 59.8 Å². The van der Waals surface area contributed by atoms with Crippen LogP contribution in [0.4, 0.5) is 5.69 Å². The number of carboxylic acid groups (broad SMARTS) is 1. The van der Waals surface area contributed by atoms with Crippen LogP contribution in [0, 0.1) is 17.8 Å². The lowest BCUT2D eigenvalue weighted by Gasteiger charge is -2.33. The van der Waals surface area contributed by atoms with Crippen molar-refractivity contribution in [2.24, 2.45) is 17.8 Å². The summed E-state index contributed by atoms with van der Waals surface area (Å²) in [6, 6.07) is 26.4. The van der Waals surface area contributed by atoms with Gasteiger partial charge in [-0.3, -0.25) is 4.79 Å². The summed E-state index contributed by atoms with van der Waals surface area (Å²) in [5, 5.41) is 14.5. The highest BCUT2D eigenvalue weighted by molar-refractivity contribution is 7.99. The van der Waals surface area contributed by atoms with Gasteiger partial charge in [-0.05, 0) is 66.3 Å². The Kier molecular flexibility index (Phi) is 7.14. The number of aliphatic carboxylic acids is 1. The first-order valence-corrected chi connectivity index (χ1v) is 13.0. The lowest BCUT2D eigenvalue weighted by Crippen LogP contribution is -2.40. The third kappa shape index (κ3) is 5.12. The zero-order valence-corrected chi connectivity index (χ0v) is 20.5. The molecule has 1 aliphatic heterocycles. The molecule has 0 aromatic heterocycles. The van der Waals surface area contributed by atoms with Crippen LogP contribution in [0.15, 0.2) is 88.7 Å². The molecule has 0 spiro atoms. The molecule has 4 nitrogen and oxygen atoms in total. The van der Waals surface area contributed by atoms with Crippen LogP contribution in [0.3, 0.4) is 0 Å². The predicted molar refractivity (Wildman–Crippen MR) is 139 cm³/mol. The Morgan fingerprint density at radius 2 is 1.68 bits per heavy atom. The number of rotatable bonds is 8. The number of carbonyl (C=O) groups is 1. The van der Waals surface area contributed by atoms with Crippen molar-refractivity contribution in [3.05, 3.63) is 89.4 Å². The van der Waals surface area contributed by atoms with Gasteiger partial charge >= 0.3 is 5.97 Å². The van der Waals surface area contributed by atoms with Gasteiger partial charge < -0.3 is 15.3 Å². The molecule has 0 unspecified atom stereocenters. The van der Waals surface area contributed by atoms with Gasteiger partial charge in [-0.2, -0.15) is 0 Å². The van der Waals surface area contributed by atoms with E-state index in [4.69, 9.17) is 11.6 Å². The number of nitrogens with one attached hydrogen (secondary N) is 1. The number of para-hydroxylation sites is 1. The summed E-state index contributed by atoms with van der Waals surface area (Å²) in [7, 11) is 0. The van der Waals surface area contributed by atoms with E-state index in [9.17, 15) is 9.90 Å². The van der Waals surface area contributed by atoms with E-state index >= 15 is 0 Å². The summed E-state index contributed by atoms with van der Waals surface area (Å²) in [4.78, 5) is 17.2. The molecular weight excluding hydrogens is 464 g/mol. The molecule has 1 saturated heterocycles. The van der Waals surface area contributed by atoms with E-state index in [1.165, 1.54) is 5.56 Å². The lowest BCUT2D eigenvalue weighted by molar-refractivity contribution is -0.143. The Balaban J connectivity index is 1.34. The maximum Gasteiger partial charge on any atom is 0.307 e. The standard InChI is InChI=1S/C28H29ClN2O2S/c29-21-10-12-23(13-11-21)34-25-9-5-4-8-24(25)26-19-16-20(27(26)28(32)33)18-31(17-19)15-14-30-22-6-2-1-3-7-22/h1-13,19-20,26-27,30H,14-18H2,(H,32,33)/t19-,20+,26+,27-/m0/s1. The maximum absolute atomic E-state index is 12.5. The molecular formula is C28H29ClN2O2S. The average molecular weight is 493 g/mol. The van der Waals surface area contributed by atoms with Crippen LogP contribution in [0.2, 0.25) is 5.02 Å². The average Bonchev–Trinajstić information content (AvgIpc) is 3.11. The number of carboxylic acids is 1. The smallest absolute Gasteiger partial charge is 0.307 e. The van der Waals surface area contributed by atoms with E-state index in [0.29, 0.717) is 5.92 Å². The van der Waals surface area contributed by atoms with E-state index < -0.39 is 5.97 Å². The van der Waals surface area contributed by atoms with Crippen molar-refractivity contribution in [1.82, 2.24) is 4.90 Å². The molecule has 4 atom stereocenters. The van der Waals surface area contributed by atoms with Gasteiger partial charge in [0, 0.05) is 52.6 Å². The van der Waals surface area contributed by atoms with Crippen LogP contribution < -0.4 is 5.32 Å². The first-order valence-electron chi connectivity index (χ1n) is 11.8. The van der Waals surface area contributed by atoms with Gasteiger partial charge in [0.2, 0.25) is 0 Å². The quantitative estimate of drug-likeness (QED) is 0.384. The Labute approximate surface area is 210 Å². The van der Waals surface area contributed by atoms with Crippen molar-refractivity contribution in [1.29, 1.82) is 0 Å². The van der Waals surface area contributed by atoms with Crippen LogP contribution in [0.25, 0.3) is 0 Å². The molecule has 176 valence electrons. The largest absolute Gasteiger partial charge is 0.481 e. The summed E-state index contributed by atoms with van der Waals surface area (Å²) < 4.78 is 0. The number of benzene rings is 3. The lowest BCUT2D eigenvalue weighted by atomic mass is 9.82. The third-order valence-corrected chi connectivity index (χ3v) is 8.48. The Bertz CT molecular complexity index is 1120. The fourth-order valence-corrected chi connectivity index (χ4v) is 6.88. The maximum atomic E-state index is 12.5. The second-order valence-electron chi connectivity index (χ2n) is 9.29. The molecule has 0 amide bonds. The topological polar surface area (TPSA) is 52.6 Å². The number of likely N-dealkylation sites (tertiary alicyclic amines) is 1. The van der Waals surface area contributed by atoms with Gasteiger partial charge in [0.1, 0.15) is 0 Å². The van der Waals surface area contributed by atoms with Crippen molar-refractivity contribution in [2.75, 3.05) is 31.5 Å². The summed E-state index contributed by atoms with van der Waals surface area (Å²) in [5.41, 5.74) is 2.29. The van der Waals surface area contributed by atoms with Gasteiger partial charge in [-0.15, -0.1) is 0 Å². The number of nitrogens with zero attached hydrogens (tertiary/aromatic N) is 1. The molecule has 0 radical (unpaired) electrons. The summed E-state index contributed by atoms with van der Waals surface area (Å²) in [6.07, 6.45) is 0.990. The SMILES string of the molecule is O=C(O)[C@H]1[C@@H]2C[C@@H](CN(CCNc3ccccc3)C2)[C@@H]1c1ccccc1Sc1ccc(Cl)cc1. The van der Waals surface area contributed by atoms with E-state index in [1.807, 2.05) is 54.6 Å². The number of halogens is 1. The monoisotopic (exact) mass is 492 g/mol. The summed E-state index contributed by atoms with van der Waals surface area (Å²) in [6.45, 7) is 3.57. The molecule has 2 fully saturated rings. The predicted octanol–water partition coefficient (Wildman–Crippen LogP) is 6.34. The fraction of sp³-hybridized carbons (Fsp3) is 0.321. The van der Waals surface area contributed by atoms with Gasteiger partial charge in [0.05, 0.1) is 5.92 Å². The number of hydrogen-bond donors (Lipinski definition) is 2. The van der Waals surface area contributed by atoms with Crippen molar-refractivity contribution in [3.8, 4) is 0 Å². The minimum absolute atomic E-state index is 0.0329. The minimum atomic E-state index is -0.659. The van der Waals surface area contributed by atoms with Crippen molar-refractivity contribution < 1.29 is 9.90 Å². The summed E-state index contributed by atoms with van der Waals surface area (Å²) in [5.74, 6) is -0.433. The second-order valence-corrected chi connectivity index (χ2v) is 10.8. The highest BCUT2D eigenvalue weighted by Crippen LogP contribution is 2.53. The molecule has 34 heavy (non-hydrogen) atoms. The van der Waals surface area contributed by atoms with Crippen LogP contribution in [0.1, 0.15) is 17.9 Å². The van der Waals surface area contributed by atoms with Crippen molar-refractivity contribution in [3.63, 3.8) is 0 Å². The highest BCUT2D eigenvalue weighted by atomic mass is 35.5. The zero-order chi connectivity index (χ0) is 23.5. The minimum Gasteiger partial charge on any atom is -0.481 e. The van der Waals surface area contributed by atoms with Gasteiger partial charge in [0.15, 0.2) is 0 Å². The third-order valence-electron chi connectivity index (χ3n) is 7.13.